The first-order valence-electron chi connectivity index (χ1n) is 5.25. The topological polar surface area (TPSA) is 44.5 Å². The van der Waals surface area contributed by atoms with Crippen LogP contribution in [0.3, 0.4) is 0 Å². The number of ether oxygens (including phenoxy) is 2. The number of halogens is 1. The van der Waals surface area contributed by atoms with Gasteiger partial charge in [-0.2, -0.15) is 0 Å². The summed E-state index contributed by atoms with van der Waals surface area (Å²) in [6.07, 6.45) is -0.0174. The van der Waals surface area contributed by atoms with Gasteiger partial charge in [-0.15, -0.1) is 0 Å². The van der Waals surface area contributed by atoms with E-state index in [1.165, 1.54) is 6.07 Å². The lowest BCUT2D eigenvalue weighted by atomic mass is 10.1. The molecule has 2 N–H and O–H groups in total. The molecule has 0 aliphatic heterocycles. The molecule has 0 spiro atoms. The maximum absolute atomic E-state index is 13.5. The van der Waals surface area contributed by atoms with Crippen LogP contribution in [-0.4, -0.2) is 19.8 Å². The Morgan fingerprint density at radius 3 is 2.56 bits per heavy atom. The minimum atomic E-state index is -0.336. The first-order chi connectivity index (χ1) is 7.54. The van der Waals surface area contributed by atoms with Crippen molar-refractivity contribution in [2.45, 2.75) is 26.0 Å². The minimum absolute atomic E-state index is 0.0174. The number of hydrogen-bond acceptors (Lipinski definition) is 3. The van der Waals surface area contributed by atoms with Crippen LogP contribution in [0.1, 0.15) is 25.5 Å². The van der Waals surface area contributed by atoms with Crippen molar-refractivity contribution < 1.29 is 13.9 Å². The molecule has 0 aromatic heterocycles. The number of methoxy groups -OCH3 is 1. The first-order valence-corrected chi connectivity index (χ1v) is 5.25. The second kappa shape index (κ2) is 5.82. The van der Waals surface area contributed by atoms with Gasteiger partial charge in [0.1, 0.15) is 18.2 Å². The highest BCUT2D eigenvalue weighted by molar-refractivity contribution is 5.30. The van der Waals surface area contributed by atoms with Gasteiger partial charge in [-0.25, -0.2) is 4.39 Å². The van der Waals surface area contributed by atoms with Crippen molar-refractivity contribution in [1.29, 1.82) is 0 Å². The molecule has 2 atom stereocenters. The average molecular weight is 227 g/mol. The average Bonchev–Trinajstić information content (AvgIpc) is 2.25. The molecule has 1 rings (SSSR count). The molecule has 0 saturated heterocycles. The quantitative estimate of drug-likeness (QED) is 0.839. The fraction of sp³-hybridized carbons (Fsp3) is 0.500. The van der Waals surface area contributed by atoms with Crippen molar-refractivity contribution in [2.75, 3.05) is 13.7 Å². The van der Waals surface area contributed by atoms with Gasteiger partial charge in [-0.05, 0) is 19.9 Å². The van der Waals surface area contributed by atoms with Crippen molar-refractivity contribution in [2.24, 2.45) is 5.73 Å². The van der Waals surface area contributed by atoms with Gasteiger partial charge >= 0.3 is 0 Å². The van der Waals surface area contributed by atoms with Crippen molar-refractivity contribution in [3.05, 3.63) is 29.6 Å². The van der Waals surface area contributed by atoms with Gasteiger partial charge in [0, 0.05) is 24.8 Å². The molecule has 0 aliphatic carbocycles. The van der Waals surface area contributed by atoms with E-state index in [4.69, 9.17) is 15.2 Å². The van der Waals surface area contributed by atoms with Crippen LogP contribution >= 0.6 is 0 Å². The highest BCUT2D eigenvalue weighted by atomic mass is 19.1. The summed E-state index contributed by atoms with van der Waals surface area (Å²) in [6.45, 7) is 4.02. The predicted octanol–water partition coefficient (Wildman–Crippen LogP) is 2.26. The van der Waals surface area contributed by atoms with Crippen LogP contribution in [0.15, 0.2) is 18.2 Å². The Morgan fingerprint density at radius 1 is 1.38 bits per heavy atom. The Hall–Kier alpha value is -1.13. The maximum atomic E-state index is 13.5. The van der Waals surface area contributed by atoms with Crippen LogP contribution in [0.25, 0.3) is 0 Å². The largest absolute Gasteiger partial charge is 0.491 e. The molecule has 0 heterocycles. The van der Waals surface area contributed by atoms with Gasteiger partial charge in [0.25, 0.3) is 0 Å². The minimum Gasteiger partial charge on any atom is -0.491 e. The molecular formula is C12H18FNO2. The number of nitrogens with two attached hydrogens (primary N) is 1. The van der Waals surface area contributed by atoms with E-state index in [2.05, 4.69) is 0 Å². The Kier molecular flexibility index (Phi) is 4.71. The van der Waals surface area contributed by atoms with Crippen LogP contribution in [0, 0.1) is 5.82 Å². The molecule has 0 bridgehead atoms. The second-order valence-corrected chi connectivity index (χ2v) is 3.83. The molecule has 0 radical (unpaired) electrons. The third-order valence-corrected chi connectivity index (χ3v) is 2.35. The Balaban J connectivity index is 2.66. The number of rotatable bonds is 5. The van der Waals surface area contributed by atoms with Gasteiger partial charge in [-0.3, -0.25) is 0 Å². The van der Waals surface area contributed by atoms with Gasteiger partial charge in [-0.1, -0.05) is 6.07 Å². The van der Waals surface area contributed by atoms with E-state index in [9.17, 15) is 4.39 Å². The zero-order valence-corrected chi connectivity index (χ0v) is 9.87. The van der Waals surface area contributed by atoms with E-state index in [0.29, 0.717) is 17.9 Å². The molecule has 1 unspecified atom stereocenters. The lowest BCUT2D eigenvalue weighted by Gasteiger charge is -2.13. The summed E-state index contributed by atoms with van der Waals surface area (Å²) in [4.78, 5) is 0. The van der Waals surface area contributed by atoms with Gasteiger partial charge in [0.2, 0.25) is 0 Å². The molecule has 3 nitrogen and oxygen atoms in total. The highest BCUT2D eigenvalue weighted by Crippen LogP contribution is 2.20. The van der Waals surface area contributed by atoms with Crippen molar-refractivity contribution in [1.82, 2.24) is 0 Å². The van der Waals surface area contributed by atoms with E-state index in [1.807, 2.05) is 6.92 Å². The summed E-state index contributed by atoms with van der Waals surface area (Å²) in [7, 11) is 1.60. The molecule has 0 fully saturated rings. The predicted molar refractivity (Wildman–Crippen MR) is 61.0 cm³/mol. The summed E-state index contributed by atoms with van der Waals surface area (Å²) >= 11 is 0. The Morgan fingerprint density at radius 2 is 2.06 bits per heavy atom. The van der Waals surface area contributed by atoms with Crippen LogP contribution in [0.4, 0.5) is 4.39 Å². The fourth-order valence-corrected chi connectivity index (χ4v) is 1.25. The van der Waals surface area contributed by atoms with Crippen LogP contribution in [0.5, 0.6) is 5.75 Å². The van der Waals surface area contributed by atoms with Gasteiger partial charge in [0.15, 0.2) is 0 Å². The van der Waals surface area contributed by atoms with E-state index in [1.54, 1.807) is 26.2 Å². The molecule has 4 heteroatoms. The summed E-state index contributed by atoms with van der Waals surface area (Å²) in [5.74, 6) is 0.156. The molecule has 0 saturated carbocycles. The highest BCUT2D eigenvalue weighted by Gasteiger charge is 2.08. The maximum Gasteiger partial charge on any atom is 0.131 e. The Labute approximate surface area is 95.4 Å². The molecule has 1 aromatic carbocycles. The zero-order valence-electron chi connectivity index (χ0n) is 9.87. The standard InChI is InChI=1S/C12H18FNO2/c1-8(15-3)7-16-10-4-5-11(9(2)14)12(13)6-10/h4-6,8-9H,7,14H2,1-3H3/t8?,9-/m0/s1. The van der Waals surface area contributed by atoms with Crippen molar-refractivity contribution >= 4 is 0 Å². The lowest BCUT2D eigenvalue weighted by molar-refractivity contribution is 0.0715. The molecule has 16 heavy (non-hydrogen) atoms. The van der Waals surface area contributed by atoms with E-state index in [0.717, 1.165) is 0 Å². The van der Waals surface area contributed by atoms with Crippen LogP contribution < -0.4 is 10.5 Å². The summed E-state index contributed by atoms with van der Waals surface area (Å²) < 4.78 is 23.9. The smallest absolute Gasteiger partial charge is 0.131 e. The Bertz CT molecular complexity index is 342. The lowest BCUT2D eigenvalue weighted by Crippen LogP contribution is -2.16. The summed E-state index contributed by atoms with van der Waals surface area (Å²) in [6, 6.07) is 4.39. The monoisotopic (exact) mass is 227 g/mol. The van der Waals surface area contributed by atoms with Crippen LogP contribution in [-0.2, 0) is 4.74 Å². The fourth-order valence-electron chi connectivity index (χ4n) is 1.25. The normalized spacial score (nSPS) is 14.6. The number of benzene rings is 1. The summed E-state index contributed by atoms with van der Waals surface area (Å²) in [5, 5.41) is 0. The molecule has 0 amide bonds. The third-order valence-electron chi connectivity index (χ3n) is 2.35. The molecule has 90 valence electrons. The van der Waals surface area contributed by atoms with Crippen LogP contribution in [0.2, 0.25) is 0 Å². The molecule has 0 aliphatic rings. The molecule has 1 aromatic rings. The molecular weight excluding hydrogens is 209 g/mol. The number of hydrogen-bond donors (Lipinski definition) is 1. The summed E-state index contributed by atoms with van der Waals surface area (Å²) in [5.41, 5.74) is 6.10. The third kappa shape index (κ3) is 3.47. The van der Waals surface area contributed by atoms with Gasteiger partial charge in [0.05, 0.1) is 6.10 Å². The van der Waals surface area contributed by atoms with Crippen molar-refractivity contribution in [3.63, 3.8) is 0 Å². The first kappa shape index (κ1) is 12.9. The second-order valence-electron chi connectivity index (χ2n) is 3.83. The van der Waals surface area contributed by atoms with Crippen molar-refractivity contribution in [3.8, 4) is 5.75 Å². The van der Waals surface area contributed by atoms with E-state index in [-0.39, 0.29) is 18.0 Å². The zero-order chi connectivity index (χ0) is 12.1. The van der Waals surface area contributed by atoms with E-state index < -0.39 is 0 Å². The SMILES string of the molecule is COC(C)COc1ccc([C@H](C)N)c(F)c1. The van der Waals surface area contributed by atoms with Gasteiger partial charge < -0.3 is 15.2 Å². The van der Waals surface area contributed by atoms with E-state index >= 15 is 0 Å².